The molecule has 2 nitrogen and oxygen atoms in total. The summed E-state index contributed by atoms with van der Waals surface area (Å²) in [6.45, 7) is 0.411. The average Bonchev–Trinajstić information content (AvgIpc) is 2.04. The lowest BCUT2D eigenvalue weighted by Crippen LogP contribution is -1.97. The van der Waals surface area contributed by atoms with Crippen LogP contribution in [0.4, 0.5) is 4.39 Å². The van der Waals surface area contributed by atoms with Gasteiger partial charge < -0.3 is 9.84 Å². The lowest BCUT2D eigenvalue weighted by molar-refractivity contribution is 0.200. The maximum Gasteiger partial charge on any atom is 0.130 e. The van der Waals surface area contributed by atoms with Gasteiger partial charge in [-0.15, -0.1) is 0 Å². The Morgan fingerprint density at radius 2 is 2.25 bits per heavy atom. The third-order valence-corrected chi connectivity index (χ3v) is 1.65. The Hall–Kier alpha value is -1.09. The van der Waals surface area contributed by atoms with E-state index in [9.17, 15) is 9.50 Å². The molecule has 66 valence electrons. The van der Waals surface area contributed by atoms with E-state index < -0.39 is 0 Å². The van der Waals surface area contributed by atoms with Crippen molar-refractivity contribution in [2.45, 2.75) is 6.42 Å². The molecule has 1 rings (SSSR count). The number of phenols is 1. The molecule has 0 spiro atoms. The summed E-state index contributed by atoms with van der Waals surface area (Å²) in [7, 11) is 1.54. The zero-order valence-electron chi connectivity index (χ0n) is 6.88. The monoisotopic (exact) mass is 170 g/mol. The molecule has 0 fully saturated rings. The lowest BCUT2D eigenvalue weighted by atomic mass is 10.1. The average molecular weight is 170 g/mol. The van der Waals surface area contributed by atoms with E-state index in [4.69, 9.17) is 4.74 Å². The number of halogens is 1. The number of methoxy groups -OCH3 is 1. The molecule has 0 unspecified atom stereocenters. The van der Waals surface area contributed by atoms with E-state index in [1.807, 2.05) is 0 Å². The fraction of sp³-hybridized carbons (Fsp3) is 0.333. The molecule has 0 radical (unpaired) electrons. The van der Waals surface area contributed by atoms with Crippen molar-refractivity contribution in [2.75, 3.05) is 13.7 Å². The molecule has 0 aliphatic heterocycles. The SMILES string of the molecule is COCCc1c(O)cccc1F. The van der Waals surface area contributed by atoms with Crippen LogP contribution in [0, 0.1) is 5.82 Å². The van der Waals surface area contributed by atoms with Crippen LogP contribution in [0.1, 0.15) is 5.56 Å². The van der Waals surface area contributed by atoms with Gasteiger partial charge in [-0.1, -0.05) is 6.07 Å². The first-order valence-electron chi connectivity index (χ1n) is 3.71. The van der Waals surface area contributed by atoms with E-state index in [-0.39, 0.29) is 11.6 Å². The maximum atomic E-state index is 13.0. The number of hydrogen-bond acceptors (Lipinski definition) is 2. The van der Waals surface area contributed by atoms with Crippen LogP contribution in [0.2, 0.25) is 0 Å². The van der Waals surface area contributed by atoms with Crippen molar-refractivity contribution in [1.29, 1.82) is 0 Å². The van der Waals surface area contributed by atoms with Crippen molar-refractivity contribution in [2.24, 2.45) is 0 Å². The second kappa shape index (κ2) is 4.07. The third-order valence-electron chi connectivity index (χ3n) is 1.65. The van der Waals surface area contributed by atoms with Crippen LogP contribution >= 0.6 is 0 Å². The van der Waals surface area contributed by atoms with Crippen LogP contribution in [0.3, 0.4) is 0 Å². The van der Waals surface area contributed by atoms with Gasteiger partial charge in [0.15, 0.2) is 0 Å². The van der Waals surface area contributed by atoms with Gasteiger partial charge in [-0.2, -0.15) is 0 Å². The molecule has 0 saturated carbocycles. The highest BCUT2D eigenvalue weighted by atomic mass is 19.1. The van der Waals surface area contributed by atoms with Crippen LogP contribution < -0.4 is 0 Å². The lowest BCUT2D eigenvalue weighted by Gasteiger charge is -2.04. The summed E-state index contributed by atoms with van der Waals surface area (Å²) >= 11 is 0. The first-order valence-corrected chi connectivity index (χ1v) is 3.71. The highest BCUT2D eigenvalue weighted by molar-refractivity contribution is 5.33. The summed E-state index contributed by atoms with van der Waals surface area (Å²) in [5, 5.41) is 9.22. The number of ether oxygens (including phenoxy) is 1. The maximum absolute atomic E-state index is 13.0. The van der Waals surface area contributed by atoms with E-state index in [1.165, 1.54) is 25.3 Å². The molecule has 0 amide bonds. The predicted molar refractivity (Wildman–Crippen MR) is 43.6 cm³/mol. The van der Waals surface area contributed by atoms with Crippen molar-refractivity contribution < 1.29 is 14.2 Å². The van der Waals surface area contributed by atoms with Crippen LogP contribution in [-0.4, -0.2) is 18.8 Å². The highest BCUT2D eigenvalue weighted by Gasteiger charge is 2.05. The summed E-state index contributed by atoms with van der Waals surface area (Å²) in [5.41, 5.74) is 0.319. The minimum atomic E-state index is -0.382. The zero-order valence-corrected chi connectivity index (χ0v) is 6.88. The Kier molecular flexibility index (Phi) is 3.05. The summed E-state index contributed by atoms with van der Waals surface area (Å²) in [6, 6.07) is 4.26. The molecule has 0 aromatic heterocycles. The Labute approximate surface area is 70.6 Å². The molecule has 1 N–H and O–H groups in total. The molecule has 0 aliphatic rings. The molecule has 0 atom stereocenters. The molecule has 1 aromatic rings. The summed E-state index contributed by atoms with van der Waals surface area (Å²) in [5.74, 6) is -0.390. The van der Waals surface area contributed by atoms with E-state index in [2.05, 4.69) is 0 Å². The number of phenolic OH excluding ortho intramolecular Hbond substituents is 1. The molecule has 0 heterocycles. The van der Waals surface area contributed by atoms with Gasteiger partial charge in [0.05, 0.1) is 6.61 Å². The van der Waals surface area contributed by atoms with E-state index in [1.54, 1.807) is 0 Å². The van der Waals surface area contributed by atoms with Gasteiger partial charge in [-0.3, -0.25) is 0 Å². The van der Waals surface area contributed by atoms with Gasteiger partial charge in [-0.25, -0.2) is 4.39 Å². The molecular formula is C9H11FO2. The normalized spacial score (nSPS) is 10.2. The van der Waals surface area contributed by atoms with Gasteiger partial charge in [-0.05, 0) is 12.1 Å². The van der Waals surface area contributed by atoms with E-state index in [0.717, 1.165) is 0 Å². The van der Waals surface area contributed by atoms with Crippen molar-refractivity contribution in [1.82, 2.24) is 0 Å². The summed E-state index contributed by atoms with van der Waals surface area (Å²) < 4.78 is 17.7. The number of hydrogen-bond donors (Lipinski definition) is 1. The summed E-state index contributed by atoms with van der Waals surface area (Å²) in [4.78, 5) is 0. The zero-order chi connectivity index (χ0) is 8.97. The smallest absolute Gasteiger partial charge is 0.130 e. The predicted octanol–water partition coefficient (Wildman–Crippen LogP) is 1.72. The summed E-state index contributed by atoms with van der Waals surface area (Å²) in [6.07, 6.45) is 0.398. The first kappa shape index (κ1) is 9.00. The molecule has 0 bridgehead atoms. The van der Waals surface area contributed by atoms with Crippen molar-refractivity contribution >= 4 is 0 Å². The molecule has 3 heteroatoms. The standard InChI is InChI=1S/C9H11FO2/c1-12-6-5-7-8(10)3-2-4-9(7)11/h2-4,11H,5-6H2,1H3. The minimum absolute atomic E-state index is 0.00736. The van der Waals surface area contributed by atoms with Crippen LogP contribution in [-0.2, 0) is 11.2 Å². The Morgan fingerprint density at radius 3 is 2.83 bits per heavy atom. The van der Waals surface area contributed by atoms with Crippen molar-refractivity contribution in [3.63, 3.8) is 0 Å². The number of benzene rings is 1. The second-order valence-corrected chi connectivity index (χ2v) is 2.48. The molecule has 0 aliphatic carbocycles. The minimum Gasteiger partial charge on any atom is -0.508 e. The Bertz CT molecular complexity index is 240. The fourth-order valence-corrected chi connectivity index (χ4v) is 0.999. The van der Waals surface area contributed by atoms with Crippen molar-refractivity contribution in [3.05, 3.63) is 29.6 Å². The van der Waals surface area contributed by atoms with Gasteiger partial charge in [0.2, 0.25) is 0 Å². The molecular weight excluding hydrogens is 159 g/mol. The number of rotatable bonds is 3. The molecule has 12 heavy (non-hydrogen) atoms. The third kappa shape index (κ3) is 1.95. The van der Waals surface area contributed by atoms with Crippen LogP contribution in [0.25, 0.3) is 0 Å². The van der Waals surface area contributed by atoms with E-state index in [0.29, 0.717) is 18.6 Å². The van der Waals surface area contributed by atoms with Crippen molar-refractivity contribution in [3.8, 4) is 5.75 Å². The number of aromatic hydroxyl groups is 1. The van der Waals surface area contributed by atoms with E-state index >= 15 is 0 Å². The van der Waals surface area contributed by atoms with Crippen LogP contribution in [0.5, 0.6) is 5.75 Å². The highest BCUT2D eigenvalue weighted by Crippen LogP contribution is 2.19. The molecule has 1 aromatic carbocycles. The van der Waals surface area contributed by atoms with Gasteiger partial charge in [0.25, 0.3) is 0 Å². The van der Waals surface area contributed by atoms with Crippen LogP contribution in [0.15, 0.2) is 18.2 Å². The second-order valence-electron chi connectivity index (χ2n) is 2.48. The molecule has 0 saturated heterocycles. The largest absolute Gasteiger partial charge is 0.508 e. The quantitative estimate of drug-likeness (QED) is 0.748. The Morgan fingerprint density at radius 1 is 1.50 bits per heavy atom. The van der Waals surface area contributed by atoms with Gasteiger partial charge in [0.1, 0.15) is 11.6 Å². The topological polar surface area (TPSA) is 29.5 Å². The van der Waals surface area contributed by atoms with Gasteiger partial charge in [0, 0.05) is 19.1 Å². The Balaban J connectivity index is 2.81. The van der Waals surface area contributed by atoms with Gasteiger partial charge >= 0.3 is 0 Å². The first-order chi connectivity index (χ1) is 5.75. The fourth-order valence-electron chi connectivity index (χ4n) is 0.999.